The Bertz CT molecular complexity index is 2230. The third-order valence-corrected chi connectivity index (χ3v) is 10.8. The van der Waals surface area contributed by atoms with Gasteiger partial charge in [-0.1, -0.05) is 55.1 Å². The number of halogens is 4. The van der Waals surface area contributed by atoms with E-state index in [0.717, 1.165) is 31.2 Å². The van der Waals surface area contributed by atoms with E-state index in [1.807, 2.05) is 111 Å². The van der Waals surface area contributed by atoms with Crippen molar-refractivity contribution in [2.75, 3.05) is 16.4 Å². The van der Waals surface area contributed by atoms with Crippen molar-refractivity contribution in [3.8, 4) is 0 Å². The van der Waals surface area contributed by atoms with Crippen LogP contribution in [0.15, 0.2) is 105 Å². The number of nitrogens with zero attached hydrogens (tertiary/aromatic N) is 4. The van der Waals surface area contributed by atoms with Crippen molar-refractivity contribution >= 4 is 112 Å². The molecule has 8 nitrogen and oxygen atoms in total. The third kappa shape index (κ3) is 6.70. The number of rotatable bonds is 5. The minimum atomic E-state index is -1.07. The van der Waals surface area contributed by atoms with E-state index < -0.39 is 17.0 Å². The van der Waals surface area contributed by atoms with Crippen LogP contribution in [0, 0.1) is 10.8 Å². The highest BCUT2D eigenvalue weighted by atomic mass is 79.9. The summed E-state index contributed by atoms with van der Waals surface area (Å²) in [7, 11) is 0. The molecule has 7 rings (SSSR count). The average Bonchev–Trinajstić information content (AvgIpc) is 3.40. The Morgan fingerprint density at radius 1 is 0.808 bits per heavy atom. The van der Waals surface area contributed by atoms with Crippen LogP contribution in [-0.4, -0.2) is 34.7 Å². The van der Waals surface area contributed by atoms with Gasteiger partial charge in [0.05, 0.1) is 45.7 Å². The standard InChI is InChI=1S/C36H28Br2Cl2N4O2.C4H8O2/c1-35(2)31(41-24-12-5-20(37)6-13-24)30-29(42(33(35)45)25-16-9-22(39)10-17-25)27-19-23(40)11-18-28(27)44(30)32-36(3,4)34(46)43(32)26-14-7-21(38)8-15-26;1-3-6-4(2)5/h5-19,32H,1-4H3;3H2,1-2H3/t32-;/m0./s1. The molecule has 12 heteroatoms. The number of fused-ring (bicyclic) bond motifs is 3. The largest absolute Gasteiger partial charge is 0.466 e. The van der Waals surface area contributed by atoms with Gasteiger partial charge in [0.25, 0.3) is 0 Å². The van der Waals surface area contributed by atoms with Crippen molar-refractivity contribution < 1.29 is 19.1 Å². The molecule has 1 aromatic heterocycles. The van der Waals surface area contributed by atoms with Crippen molar-refractivity contribution in [2.24, 2.45) is 15.8 Å². The predicted octanol–water partition coefficient (Wildman–Crippen LogP) is 11.4. The van der Waals surface area contributed by atoms with E-state index in [-0.39, 0.29) is 17.8 Å². The molecule has 0 unspecified atom stereocenters. The van der Waals surface area contributed by atoms with Gasteiger partial charge in [0, 0.05) is 42.7 Å². The molecule has 268 valence electrons. The van der Waals surface area contributed by atoms with Crippen LogP contribution in [0.5, 0.6) is 0 Å². The lowest BCUT2D eigenvalue weighted by Crippen LogP contribution is -2.64. The Morgan fingerprint density at radius 3 is 1.92 bits per heavy atom. The van der Waals surface area contributed by atoms with Gasteiger partial charge in [-0.15, -0.1) is 0 Å². The summed E-state index contributed by atoms with van der Waals surface area (Å²) in [5.74, 6) is -0.361. The normalized spacial score (nSPS) is 18.1. The second-order valence-corrected chi connectivity index (χ2v) is 16.3. The molecule has 5 aromatic rings. The van der Waals surface area contributed by atoms with Crippen molar-refractivity contribution in [3.63, 3.8) is 0 Å². The maximum absolute atomic E-state index is 14.7. The molecular formula is C40H36Br2Cl2N4O4. The molecule has 4 aromatic carbocycles. The second kappa shape index (κ2) is 14.5. The molecule has 2 aliphatic heterocycles. The summed E-state index contributed by atoms with van der Waals surface area (Å²) in [6.45, 7) is 11.4. The number of carbonyl (C=O) groups is 3. The number of ether oxygens (including phenoxy) is 1. The molecule has 0 aliphatic carbocycles. The monoisotopic (exact) mass is 864 g/mol. The van der Waals surface area contributed by atoms with E-state index in [4.69, 9.17) is 28.2 Å². The molecule has 3 heterocycles. The molecular weight excluding hydrogens is 831 g/mol. The van der Waals surface area contributed by atoms with Gasteiger partial charge in [-0.25, -0.2) is 0 Å². The molecule has 0 radical (unpaired) electrons. The first kappa shape index (κ1) is 37.8. The highest BCUT2D eigenvalue weighted by molar-refractivity contribution is 9.10. The number of amides is 2. The summed E-state index contributed by atoms with van der Waals surface area (Å²) in [6.07, 6.45) is -0.445. The first-order chi connectivity index (χ1) is 24.6. The van der Waals surface area contributed by atoms with E-state index >= 15 is 0 Å². The molecule has 0 spiro atoms. The number of hydrogen-bond acceptors (Lipinski definition) is 5. The fourth-order valence-electron chi connectivity index (χ4n) is 6.72. The molecule has 0 bridgehead atoms. The SMILES string of the molecule is CC1(C)C(=O)N(c2ccc(Cl)cc2)c2c(n([C@@H]3N(c4ccc(Br)cc4)C(=O)C3(C)C)c3ccc(Cl)cc23)C1=Nc1ccc(Br)cc1.CCOC(C)=O. The molecule has 1 atom stereocenters. The lowest BCUT2D eigenvalue weighted by atomic mass is 9.76. The van der Waals surface area contributed by atoms with Crippen molar-refractivity contribution in [2.45, 2.75) is 47.7 Å². The maximum Gasteiger partial charge on any atom is 0.302 e. The Labute approximate surface area is 329 Å². The molecule has 0 N–H and O–H groups in total. The van der Waals surface area contributed by atoms with Gasteiger partial charge in [-0.2, -0.15) is 0 Å². The van der Waals surface area contributed by atoms with Gasteiger partial charge in [-0.05, 0) is 126 Å². The van der Waals surface area contributed by atoms with Crippen LogP contribution in [0.2, 0.25) is 10.0 Å². The van der Waals surface area contributed by atoms with Crippen LogP contribution in [0.1, 0.15) is 53.4 Å². The second-order valence-electron chi connectivity index (χ2n) is 13.6. The van der Waals surface area contributed by atoms with Gasteiger partial charge in [0.1, 0.15) is 6.17 Å². The lowest BCUT2D eigenvalue weighted by molar-refractivity contribution is -0.141. The highest BCUT2D eigenvalue weighted by Crippen LogP contribution is 2.56. The summed E-state index contributed by atoms with van der Waals surface area (Å²) in [5, 5.41) is 1.87. The summed E-state index contributed by atoms with van der Waals surface area (Å²) in [6, 6.07) is 28.3. The number of anilines is 3. The van der Waals surface area contributed by atoms with E-state index in [9.17, 15) is 14.4 Å². The van der Waals surface area contributed by atoms with Gasteiger partial charge >= 0.3 is 5.97 Å². The fraction of sp³-hybridized carbons (Fsp3) is 0.250. The smallest absolute Gasteiger partial charge is 0.302 e. The average molecular weight is 867 g/mol. The number of esters is 1. The number of aliphatic imine (C=N–C) groups is 1. The van der Waals surface area contributed by atoms with Gasteiger partial charge in [-0.3, -0.25) is 29.2 Å². The van der Waals surface area contributed by atoms with Crippen molar-refractivity contribution in [1.82, 2.24) is 4.57 Å². The summed E-state index contributed by atoms with van der Waals surface area (Å²) in [5.41, 5.74) is 3.11. The molecule has 1 fully saturated rings. The summed E-state index contributed by atoms with van der Waals surface area (Å²) in [4.78, 5) is 47.2. The number of aromatic nitrogens is 1. The first-order valence-electron chi connectivity index (χ1n) is 16.6. The van der Waals surface area contributed by atoms with Crippen LogP contribution in [-0.2, 0) is 19.1 Å². The zero-order valence-corrected chi connectivity index (χ0v) is 34.1. The minimum absolute atomic E-state index is 0.00325. The number of hydrogen-bond donors (Lipinski definition) is 0. The van der Waals surface area contributed by atoms with Crippen molar-refractivity contribution in [1.29, 1.82) is 0 Å². The van der Waals surface area contributed by atoms with Crippen LogP contribution in [0.25, 0.3) is 10.9 Å². The van der Waals surface area contributed by atoms with Crippen LogP contribution >= 0.6 is 55.1 Å². The van der Waals surface area contributed by atoms with Crippen LogP contribution < -0.4 is 9.80 Å². The lowest BCUT2D eigenvalue weighted by Gasteiger charge is -2.54. The maximum atomic E-state index is 14.7. The minimum Gasteiger partial charge on any atom is -0.466 e. The van der Waals surface area contributed by atoms with Crippen LogP contribution in [0.4, 0.5) is 22.7 Å². The number of benzene rings is 4. The quantitative estimate of drug-likeness (QED) is 0.130. The molecule has 2 aliphatic rings. The van der Waals surface area contributed by atoms with Crippen molar-refractivity contribution in [3.05, 3.63) is 116 Å². The highest BCUT2D eigenvalue weighted by Gasteiger charge is 2.59. The number of carbonyl (C=O) groups excluding carboxylic acids is 3. The summed E-state index contributed by atoms with van der Waals surface area (Å²) >= 11 is 20.0. The zero-order chi connectivity index (χ0) is 37.7. The Kier molecular flexibility index (Phi) is 10.5. The van der Waals surface area contributed by atoms with E-state index in [2.05, 4.69) is 41.2 Å². The molecule has 1 saturated heterocycles. The Morgan fingerprint density at radius 2 is 1.37 bits per heavy atom. The Balaban J connectivity index is 0.000000715. The van der Waals surface area contributed by atoms with Gasteiger partial charge in [0.2, 0.25) is 11.8 Å². The van der Waals surface area contributed by atoms with E-state index in [0.29, 0.717) is 39.4 Å². The molecule has 2 amide bonds. The van der Waals surface area contributed by atoms with Crippen LogP contribution in [0.3, 0.4) is 0 Å². The zero-order valence-electron chi connectivity index (χ0n) is 29.4. The topological polar surface area (TPSA) is 84.2 Å². The molecule has 0 saturated carbocycles. The third-order valence-electron chi connectivity index (χ3n) is 9.23. The Hall–Kier alpha value is -3.96. The van der Waals surface area contributed by atoms with Gasteiger partial charge < -0.3 is 9.30 Å². The van der Waals surface area contributed by atoms with E-state index in [1.54, 1.807) is 24.0 Å². The fourth-order valence-corrected chi connectivity index (χ4v) is 7.55. The molecule has 52 heavy (non-hydrogen) atoms. The predicted molar refractivity (Wildman–Crippen MR) is 216 cm³/mol. The van der Waals surface area contributed by atoms with E-state index in [1.165, 1.54) is 6.92 Å². The number of β-lactam (4-membered cyclic amide) rings is 1. The first-order valence-corrected chi connectivity index (χ1v) is 18.9. The summed E-state index contributed by atoms with van der Waals surface area (Å²) < 4.78 is 8.43. The van der Waals surface area contributed by atoms with Gasteiger partial charge in [0.15, 0.2) is 0 Å².